The van der Waals surface area contributed by atoms with Gasteiger partial charge in [0.15, 0.2) is 0 Å². The number of carbonyl (C=O) groups is 1. The molecule has 6 nitrogen and oxygen atoms in total. The van der Waals surface area contributed by atoms with E-state index in [0.29, 0.717) is 26.3 Å². The number of rotatable bonds is 6. The average molecular weight is 348 g/mol. The molecule has 1 heterocycles. The quantitative estimate of drug-likeness (QED) is 0.722. The summed E-state index contributed by atoms with van der Waals surface area (Å²) in [6, 6.07) is -0.497. The van der Waals surface area contributed by atoms with Crippen LogP contribution in [-0.2, 0) is 20.9 Å². The molecule has 1 fully saturated rings. The molecule has 1 aliphatic rings. The zero-order chi connectivity index (χ0) is 17.8. The first-order valence-corrected chi connectivity index (χ1v) is 9.29. The number of hydrogen-bond donors (Lipinski definition) is 1. The fraction of sp³-hybridized carbons (Fsp3) is 0.938. The van der Waals surface area contributed by atoms with Crippen molar-refractivity contribution < 1.29 is 14.1 Å². The lowest BCUT2D eigenvalue weighted by atomic mass is 9.83. The molecular formula is C16H33N3O3S. The SMILES string of the molecule is CN(C)CC(C)(C)[C@@H](N[S+]([O-])C(C)(C)C)C(=O)N1CCOCC1. The molecule has 2 atom stereocenters. The summed E-state index contributed by atoms with van der Waals surface area (Å²) in [7, 11) is 3.97. The number of ether oxygens (including phenoxy) is 1. The van der Waals surface area contributed by atoms with Gasteiger partial charge in [0.1, 0.15) is 10.8 Å². The average Bonchev–Trinajstić information content (AvgIpc) is 2.42. The second-order valence-corrected chi connectivity index (χ2v) is 10.1. The Kier molecular flexibility index (Phi) is 7.35. The van der Waals surface area contributed by atoms with Gasteiger partial charge in [-0.05, 0) is 34.9 Å². The molecule has 0 aromatic heterocycles. The van der Waals surface area contributed by atoms with E-state index in [-0.39, 0.29) is 11.3 Å². The summed E-state index contributed by atoms with van der Waals surface area (Å²) in [5.74, 6) is 0.0118. The van der Waals surface area contributed by atoms with Crippen molar-refractivity contribution in [2.45, 2.75) is 45.4 Å². The first kappa shape index (κ1) is 20.7. The standard InChI is InChI=1S/C16H33N3O3S/c1-15(2,3)23(21)17-13(16(4,5)12-18(6)7)14(20)19-8-10-22-11-9-19/h13,17H,8-12H2,1-7H3/t13-,23?/m0/s1. The van der Waals surface area contributed by atoms with Crippen LogP contribution in [0.3, 0.4) is 0 Å². The van der Waals surface area contributed by atoms with Gasteiger partial charge in [0.2, 0.25) is 5.91 Å². The van der Waals surface area contributed by atoms with Crippen molar-refractivity contribution in [2.24, 2.45) is 5.41 Å². The van der Waals surface area contributed by atoms with Crippen LogP contribution in [-0.4, -0.2) is 78.0 Å². The Labute approximate surface area is 144 Å². The molecule has 136 valence electrons. The maximum atomic E-state index is 13.0. The maximum Gasteiger partial charge on any atom is 0.245 e. The summed E-state index contributed by atoms with van der Waals surface area (Å²) >= 11 is -1.30. The molecule has 0 aromatic rings. The monoisotopic (exact) mass is 347 g/mol. The van der Waals surface area contributed by atoms with E-state index in [9.17, 15) is 9.35 Å². The molecule has 0 bridgehead atoms. The van der Waals surface area contributed by atoms with E-state index in [4.69, 9.17) is 4.74 Å². The molecule has 1 rings (SSSR count). The molecule has 0 saturated carbocycles. The van der Waals surface area contributed by atoms with Crippen molar-refractivity contribution in [3.05, 3.63) is 0 Å². The predicted molar refractivity (Wildman–Crippen MR) is 94.6 cm³/mol. The van der Waals surface area contributed by atoms with Crippen LogP contribution >= 0.6 is 0 Å². The smallest absolute Gasteiger partial charge is 0.245 e. The van der Waals surface area contributed by atoms with E-state index < -0.39 is 22.2 Å². The molecule has 1 amide bonds. The summed E-state index contributed by atoms with van der Waals surface area (Å²) in [6.07, 6.45) is 0. The highest BCUT2D eigenvalue weighted by molar-refractivity contribution is 7.90. The van der Waals surface area contributed by atoms with Gasteiger partial charge in [0.05, 0.1) is 13.2 Å². The van der Waals surface area contributed by atoms with Gasteiger partial charge in [-0.25, -0.2) is 0 Å². The van der Waals surface area contributed by atoms with Crippen molar-refractivity contribution in [3.63, 3.8) is 0 Å². The Morgan fingerprint density at radius 3 is 2.22 bits per heavy atom. The molecule has 1 saturated heterocycles. The highest BCUT2D eigenvalue weighted by atomic mass is 32.2. The van der Waals surface area contributed by atoms with Crippen molar-refractivity contribution in [2.75, 3.05) is 46.9 Å². The van der Waals surface area contributed by atoms with E-state index >= 15 is 0 Å². The maximum absolute atomic E-state index is 13.0. The van der Waals surface area contributed by atoms with Crippen LogP contribution in [0.5, 0.6) is 0 Å². The van der Waals surface area contributed by atoms with Crippen molar-refractivity contribution in [1.29, 1.82) is 0 Å². The van der Waals surface area contributed by atoms with E-state index in [0.717, 1.165) is 6.54 Å². The predicted octanol–water partition coefficient (Wildman–Crippen LogP) is 0.853. The van der Waals surface area contributed by atoms with Crippen LogP contribution in [0.1, 0.15) is 34.6 Å². The fourth-order valence-electron chi connectivity index (χ4n) is 2.70. The van der Waals surface area contributed by atoms with E-state index in [1.807, 2.05) is 53.6 Å². The lowest BCUT2D eigenvalue weighted by Gasteiger charge is -2.40. The third-order valence-corrected chi connectivity index (χ3v) is 5.42. The van der Waals surface area contributed by atoms with Gasteiger partial charge in [0, 0.05) is 36.4 Å². The van der Waals surface area contributed by atoms with Gasteiger partial charge < -0.3 is 19.1 Å². The zero-order valence-electron chi connectivity index (χ0n) is 15.6. The van der Waals surface area contributed by atoms with Crippen LogP contribution in [0.25, 0.3) is 0 Å². The second-order valence-electron chi connectivity index (χ2n) is 8.10. The third-order valence-electron chi connectivity index (χ3n) is 3.86. The Morgan fingerprint density at radius 2 is 1.78 bits per heavy atom. The molecule has 0 aliphatic carbocycles. The minimum absolute atomic E-state index is 0.0118. The zero-order valence-corrected chi connectivity index (χ0v) is 16.5. The molecule has 1 N–H and O–H groups in total. The molecule has 23 heavy (non-hydrogen) atoms. The Balaban J connectivity index is 2.97. The van der Waals surface area contributed by atoms with E-state index in [2.05, 4.69) is 9.62 Å². The highest BCUT2D eigenvalue weighted by Gasteiger charge is 2.43. The van der Waals surface area contributed by atoms with Gasteiger partial charge in [-0.1, -0.05) is 13.8 Å². The molecular weight excluding hydrogens is 314 g/mol. The Morgan fingerprint density at radius 1 is 1.26 bits per heavy atom. The molecule has 0 radical (unpaired) electrons. The number of nitrogens with zero attached hydrogens (tertiary/aromatic N) is 2. The van der Waals surface area contributed by atoms with Gasteiger partial charge in [-0.2, -0.15) is 0 Å². The molecule has 0 aromatic carbocycles. The van der Waals surface area contributed by atoms with E-state index in [1.54, 1.807) is 0 Å². The van der Waals surface area contributed by atoms with Crippen LogP contribution in [0.15, 0.2) is 0 Å². The molecule has 1 unspecified atom stereocenters. The van der Waals surface area contributed by atoms with Gasteiger partial charge in [-0.3, -0.25) is 4.79 Å². The van der Waals surface area contributed by atoms with Crippen LogP contribution < -0.4 is 4.72 Å². The van der Waals surface area contributed by atoms with Crippen molar-refractivity contribution in [1.82, 2.24) is 14.5 Å². The minimum atomic E-state index is -1.30. The molecule has 1 aliphatic heterocycles. The number of nitrogens with one attached hydrogen (secondary N) is 1. The third kappa shape index (κ3) is 6.23. The lowest BCUT2D eigenvalue weighted by Crippen LogP contribution is -2.61. The fourth-order valence-corrected chi connectivity index (χ4v) is 3.69. The van der Waals surface area contributed by atoms with Crippen molar-refractivity contribution >= 4 is 17.3 Å². The van der Waals surface area contributed by atoms with Gasteiger partial charge in [-0.15, -0.1) is 4.72 Å². The Bertz CT molecular complexity index is 391. The highest BCUT2D eigenvalue weighted by Crippen LogP contribution is 2.26. The number of amides is 1. The largest absolute Gasteiger partial charge is 0.598 e. The van der Waals surface area contributed by atoms with Crippen LogP contribution in [0.2, 0.25) is 0 Å². The summed E-state index contributed by atoms with van der Waals surface area (Å²) in [5.41, 5.74) is -0.347. The lowest BCUT2D eigenvalue weighted by molar-refractivity contribution is -0.140. The van der Waals surface area contributed by atoms with Crippen LogP contribution in [0, 0.1) is 5.41 Å². The normalized spacial score (nSPS) is 19.8. The number of hydrogen-bond acceptors (Lipinski definition) is 5. The molecule has 7 heteroatoms. The molecule has 0 spiro atoms. The second kappa shape index (κ2) is 8.16. The first-order chi connectivity index (χ1) is 10.4. The minimum Gasteiger partial charge on any atom is -0.598 e. The summed E-state index contributed by atoms with van der Waals surface area (Å²) in [5, 5.41) is 0. The number of morpholine rings is 1. The summed E-state index contributed by atoms with van der Waals surface area (Å²) in [6.45, 7) is 12.9. The number of carbonyl (C=O) groups excluding carboxylic acids is 1. The summed E-state index contributed by atoms with van der Waals surface area (Å²) < 4.78 is 20.6. The van der Waals surface area contributed by atoms with Crippen LogP contribution in [0.4, 0.5) is 0 Å². The van der Waals surface area contributed by atoms with Gasteiger partial charge >= 0.3 is 0 Å². The first-order valence-electron chi connectivity index (χ1n) is 8.14. The van der Waals surface area contributed by atoms with E-state index in [1.165, 1.54) is 0 Å². The summed E-state index contributed by atoms with van der Waals surface area (Å²) in [4.78, 5) is 16.9. The Hall–Kier alpha value is -0.340. The topological polar surface area (TPSA) is 67.9 Å². The van der Waals surface area contributed by atoms with Crippen molar-refractivity contribution in [3.8, 4) is 0 Å². The van der Waals surface area contributed by atoms with Gasteiger partial charge in [0.25, 0.3) is 0 Å².